The Labute approximate surface area is 184 Å². The van der Waals surface area contributed by atoms with E-state index in [1.807, 2.05) is 6.08 Å². The van der Waals surface area contributed by atoms with Crippen LogP contribution in [0.25, 0.3) is 5.57 Å². The van der Waals surface area contributed by atoms with E-state index in [0.29, 0.717) is 19.5 Å². The second-order valence-electron chi connectivity index (χ2n) is 7.78. The lowest BCUT2D eigenvalue weighted by molar-refractivity contribution is 0.0772. The maximum Gasteiger partial charge on any atom is 0.254 e. The van der Waals surface area contributed by atoms with Crippen molar-refractivity contribution in [2.24, 2.45) is 0 Å². The molecule has 2 aliphatic rings. The predicted octanol–water partition coefficient (Wildman–Crippen LogP) is 4.13. The molecule has 2 heterocycles. The predicted molar refractivity (Wildman–Crippen MR) is 117 cm³/mol. The van der Waals surface area contributed by atoms with E-state index < -0.39 is 9.84 Å². The van der Waals surface area contributed by atoms with Gasteiger partial charge in [0.1, 0.15) is 5.82 Å². The molecule has 0 aromatic heterocycles. The summed E-state index contributed by atoms with van der Waals surface area (Å²) in [6.07, 6.45) is 2.52. The van der Waals surface area contributed by atoms with E-state index in [4.69, 9.17) is 0 Å². The lowest BCUT2D eigenvalue weighted by Crippen LogP contribution is -2.35. The first kappa shape index (κ1) is 20.3. The van der Waals surface area contributed by atoms with E-state index in [1.54, 1.807) is 29.2 Å². The van der Waals surface area contributed by atoms with Crippen LogP contribution < -0.4 is 0 Å². The fourth-order valence-corrected chi connectivity index (χ4v) is 5.86. The highest BCUT2D eigenvalue weighted by Gasteiger charge is 2.35. The van der Waals surface area contributed by atoms with Crippen molar-refractivity contribution in [1.29, 1.82) is 0 Å². The lowest BCUT2D eigenvalue weighted by atomic mass is 9.98. The summed E-state index contributed by atoms with van der Waals surface area (Å²) in [6.45, 7) is 0.810. The molecule has 1 amide bonds. The topological polar surface area (TPSA) is 71.5 Å². The molecule has 160 valence electrons. The van der Waals surface area contributed by atoms with E-state index in [1.165, 1.54) is 42.5 Å². The van der Waals surface area contributed by atoms with E-state index in [0.717, 1.165) is 11.1 Å². The van der Waals surface area contributed by atoms with Gasteiger partial charge in [0.15, 0.2) is 5.78 Å². The van der Waals surface area contributed by atoms with Crippen LogP contribution in [0.2, 0.25) is 0 Å². The molecule has 5 nitrogen and oxygen atoms in total. The fraction of sp³-hybridized carbons (Fsp3) is 0.120. The van der Waals surface area contributed by atoms with E-state index in [-0.39, 0.29) is 44.0 Å². The number of ketones is 1. The third kappa shape index (κ3) is 3.26. The van der Waals surface area contributed by atoms with Crippen LogP contribution in [0.15, 0.2) is 82.6 Å². The first-order valence-electron chi connectivity index (χ1n) is 10.1. The van der Waals surface area contributed by atoms with E-state index in [9.17, 15) is 22.4 Å². The molecule has 5 rings (SSSR count). The normalized spacial score (nSPS) is 16.7. The third-order valence-electron chi connectivity index (χ3n) is 5.90. The molecule has 0 atom stereocenters. The first-order valence-corrected chi connectivity index (χ1v) is 11.6. The Bertz CT molecular complexity index is 1410. The van der Waals surface area contributed by atoms with Crippen molar-refractivity contribution in [3.05, 3.63) is 101 Å². The Balaban J connectivity index is 1.43. The minimum Gasteiger partial charge on any atom is -0.335 e. The molecule has 0 saturated heterocycles. The zero-order valence-electron chi connectivity index (χ0n) is 16.9. The molecule has 0 saturated carbocycles. The van der Waals surface area contributed by atoms with Gasteiger partial charge in [-0.25, -0.2) is 12.8 Å². The van der Waals surface area contributed by atoms with Crippen LogP contribution in [0.1, 0.15) is 38.3 Å². The Morgan fingerprint density at radius 2 is 1.62 bits per heavy atom. The summed E-state index contributed by atoms with van der Waals surface area (Å²) in [6, 6.07) is 16.6. The molecule has 7 heteroatoms. The van der Waals surface area contributed by atoms with Gasteiger partial charge in [0, 0.05) is 29.8 Å². The maximum absolute atomic E-state index is 13.2. The number of carbonyl (C=O) groups excluding carboxylic acids is 2. The molecular weight excluding hydrogens is 429 g/mol. The SMILES string of the molecule is O=C1c2ccccc2S(=O)(=O)c2cc(C(=O)N3CC=C(c4ccc(F)cc4)CC3)ccc21. The number of halogens is 1. The second-order valence-corrected chi connectivity index (χ2v) is 9.66. The number of hydrogen-bond donors (Lipinski definition) is 0. The Kier molecular flexibility index (Phi) is 4.78. The molecule has 0 radical (unpaired) electrons. The van der Waals surface area contributed by atoms with Crippen molar-refractivity contribution in [2.45, 2.75) is 16.2 Å². The minimum atomic E-state index is -3.90. The standard InChI is InChI=1S/C25H18FNO4S/c26-19-8-5-16(6-9-19)17-11-13-27(14-12-17)25(29)18-7-10-21-23(15-18)32(30,31)22-4-2-1-3-20(22)24(21)28/h1-11,15H,12-14H2. The van der Waals surface area contributed by atoms with Gasteiger partial charge in [-0.05, 0) is 60.0 Å². The van der Waals surface area contributed by atoms with Crippen molar-refractivity contribution >= 4 is 27.1 Å². The average Bonchev–Trinajstić information content (AvgIpc) is 2.83. The molecule has 2 aliphatic heterocycles. The van der Waals surface area contributed by atoms with Gasteiger partial charge in [-0.3, -0.25) is 9.59 Å². The van der Waals surface area contributed by atoms with Crippen molar-refractivity contribution in [1.82, 2.24) is 4.90 Å². The first-order chi connectivity index (χ1) is 15.4. The number of sulfone groups is 1. The van der Waals surface area contributed by atoms with Gasteiger partial charge >= 0.3 is 0 Å². The Hall–Kier alpha value is -3.58. The van der Waals surface area contributed by atoms with Crippen molar-refractivity contribution in [2.75, 3.05) is 13.1 Å². The Morgan fingerprint density at radius 3 is 2.34 bits per heavy atom. The zero-order chi connectivity index (χ0) is 22.5. The molecule has 0 spiro atoms. The molecule has 0 aliphatic carbocycles. The van der Waals surface area contributed by atoms with Gasteiger partial charge < -0.3 is 4.90 Å². The van der Waals surface area contributed by atoms with Crippen LogP contribution >= 0.6 is 0 Å². The number of hydrogen-bond acceptors (Lipinski definition) is 4. The molecular formula is C25H18FNO4S. The number of nitrogens with zero attached hydrogens (tertiary/aromatic N) is 1. The van der Waals surface area contributed by atoms with Crippen molar-refractivity contribution in [3.63, 3.8) is 0 Å². The van der Waals surface area contributed by atoms with Gasteiger partial charge in [0.05, 0.1) is 9.79 Å². The number of fused-ring (bicyclic) bond motifs is 2. The number of benzene rings is 3. The molecule has 0 N–H and O–H groups in total. The monoisotopic (exact) mass is 447 g/mol. The van der Waals surface area contributed by atoms with Crippen LogP contribution in [-0.2, 0) is 9.84 Å². The summed E-state index contributed by atoms with van der Waals surface area (Å²) in [7, 11) is -3.90. The van der Waals surface area contributed by atoms with Crippen molar-refractivity contribution < 1.29 is 22.4 Å². The highest BCUT2D eigenvalue weighted by Crippen LogP contribution is 2.35. The lowest BCUT2D eigenvalue weighted by Gasteiger charge is -2.27. The maximum atomic E-state index is 13.2. The van der Waals surface area contributed by atoms with Crippen LogP contribution in [0.4, 0.5) is 4.39 Å². The van der Waals surface area contributed by atoms with E-state index in [2.05, 4.69) is 0 Å². The van der Waals surface area contributed by atoms with Crippen LogP contribution in [0, 0.1) is 5.82 Å². The summed E-state index contributed by atoms with van der Waals surface area (Å²) < 4.78 is 39.4. The van der Waals surface area contributed by atoms with Crippen LogP contribution in [0.5, 0.6) is 0 Å². The Morgan fingerprint density at radius 1 is 0.906 bits per heavy atom. The second kappa shape index (κ2) is 7.53. The summed E-state index contributed by atoms with van der Waals surface area (Å²) in [5, 5.41) is 0. The molecule has 3 aromatic carbocycles. The molecule has 3 aromatic rings. The smallest absolute Gasteiger partial charge is 0.254 e. The van der Waals surface area contributed by atoms with Gasteiger partial charge in [-0.1, -0.05) is 30.3 Å². The summed E-state index contributed by atoms with van der Waals surface area (Å²) in [5.41, 5.74) is 2.39. The van der Waals surface area contributed by atoms with Gasteiger partial charge in [-0.15, -0.1) is 0 Å². The fourth-order valence-electron chi connectivity index (χ4n) is 4.18. The number of amides is 1. The molecule has 0 unspecified atom stereocenters. The van der Waals surface area contributed by atoms with Gasteiger partial charge in [0.2, 0.25) is 9.84 Å². The molecule has 0 bridgehead atoms. The quantitative estimate of drug-likeness (QED) is 0.463. The highest BCUT2D eigenvalue weighted by molar-refractivity contribution is 7.91. The van der Waals surface area contributed by atoms with Gasteiger partial charge in [0.25, 0.3) is 5.91 Å². The molecule has 0 fully saturated rings. The summed E-state index contributed by atoms with van der Waals surface area (Å²) in [5.74, 6) is -0.969. The minimum absolute atomic E-state index is 0.0352. The molecule has 32 heavy (non-hydrogen) atoms. The summed E-state index contributed by atoms with van der Waals surface area (Å²) >= 11 is 0. The largest absolute Gasteiger partial charge is 0.335 e. The third-order valence-corrected chi connectivity index (χ3v) is 7.75. The number of rotatable bonds is 2. The van der Waals surface area contributed by atoms with E-state index >= 15 is 0 Å². The van der Waals surface area contributed by atoms with Crippen molar-refractivity contribution in [3.8, 4) is 0 Å². The number of carbonyl (C=O) groups is 2. The van der Waals surface area contributed by atoms with Crippen LogP contribution in [0.3, 0.4) is 0 Å². The van der Waals surface area contributed by atoms with Gasteiger partial charge in [-0.2, -0.15) is 0 Å². The highest BCUT2D eigenvalue weighted by atomic mass is 32.2. The zero-order valence-corrected chi connectivity index (χ0v) is 17.7. The average molecular weight is 447 g/mol. The van der Waals surface area contributed by atoms with Crippen LogP contribution in [-0.4, -0.2) is 38.1 Å². The summed E-state index contributed by atoms with van der Waals surface area (Å²) in [4.78, 5) is 27.3.